The van der Waals surface area contributed by atoms with Gasteiger partial charge in [0.1, 0.15) is 6.04 Å². The third-order valence-electron chi connectivity index (χ3n) is 2.81. The van der Waals surface area contributed by atoms with Crippen molar-refractivity contribution in [3.63, 3.8) is 0 Å². The van der Waals surface area contributed by atoms with E-state index in [-0.39, 0.29) is 12.0 Å². The van der Waals surface area contributed by atoms with Gasteiger partial charge in [0.25, 0.3) is 0 Å². The van der Waals surface area contributed by atoms with E-state index < -0.39 is 0 Å². The van der Waals surface area contributed by atoms with Crippen LogP contribution in [0, 0.1) is 0 Å². The zero-order chi connectivity index (χ0) is 12.5. The van der Waals surface area contributed by atoms with Gasteiger partial charge in [-0.25, -0.2) is 0 Å². The first-order valence-electron chi connectivity index (χ1n) is 6.28. The Labute approximate surface area is 108 Å². The molecule has 0 radical (unpaired) electrons. The number of esters is 1. The number of nitrogens with one attached hydrogen (secondary N) is 1. The Morgan fingerprint density at radius 3 is 3.06 bits per heavy atom. The van der Waals surface area contributed by atoms with E-state index in [4.69, 9.17) is 9.47 Å². The van der Waals surface area contributed by atoms with Crippen LogP contribution in [0.2, 0.25) is 0 Å². The summed E-state index contributed by atoms with van der Waals surface area (Å²) >= 11 is 1.86. The number of likely N-dealkylation sites (N-methyl/N-ethyl adjacent to an activating group) is 1. The van der Waals surface area contributed by atoms with Crippen LogP contribution in [0.25, 0.3) is 0 Å². The van der Waals surface area contributed by atoms with Gasteiger partial charge >= 0.3 is 5.97 Å². The average molecular weight is 261 g/mol. The number of rotatable bonds is 8. The summed E-state index contributed by atoms with van der Waals surface area (Å²) in [5.41, 5.74) is 0. The topological polar surface area (TPSA) is 47.6 Å². The van der Waals surface area contributed by atoms with Crippen molar-refractivity contribution >= 4 is 17.7 Å². The summed E-state index contributed by atoms with van der Waals surface area (Å²) in [6.07, 6.45) is 3.61. The number of hydrogen-bond acceptors (Lipinski definition) is 5. The van der Waals surface area contributed by atoms with Crippen LogP contribution in [0.15, 0.2) is 0 Å². The third-order valence-corrected chi connectivity index (χ3v) is 3.95. The molecule has 0 bridgehead atoms. The van der Waals surface area contributed by atoms with E-state index in [1.807, 2.05) is 18.7 Å². The first-order chi connectivity index (χ1) is 8.27. The molecule has 0 spiro atoms. The third kappa shape index (κ3) is 5.75. The summed E-state index contributed by atoms with van der Waals surface area (Å²) in [6.45, 7) is 3.69. The van der Waals surface area contributed by atoms with Crippen molar-refractivity contribution in [2.24, 2.45) is 0 Å². The van der Waals surface area contributed by atoms with Crippen LogP contribution in [0.3, 0.4) is 0 Å². The molecule has 100 valence electrons. The molecule has 1 aliphatic heterocycles. The molecule has 2 atom stereocenters. The van der Waals surface area contributed by atoms with Gasteiger partial charge in [-0.1, -0.05) is 6.92 Å². The fraction of sp³-hybridized carbons (Fsp3) is 0.917. The van der Waals surface area contributed by atoms with Crippen molar-refractivity contribution in [2.75, 3.05) is 31.8 Å². The van der Waals surface area contributed by atoms with Crippen molar-refractivity contribution in [2.45, 2.75) is 38.3 Å². The zero-order valence-corrected chi connectivity index (χ0v) is 11.6. The first kappa shape index (κ1) is 14.8. The Bertz CT molecular complexity index is 220. The molecule has 17 heavy (non-hydrogen) atoms. The molecule has 0 aromatic heterocycles. The average Bonchev–Trinajstić information content (AvgIpc) is 2.85. The van der Waals surface area contributed by atoms with Crippen molar-refractivity contribution in [1.82, 2.24) is 5.32 Å². The van der Waals surface area contributed by atoms with Crippen molar-refractivity contribution in [1.29, 1.82) is 0 Å². The lowest BCUT2D eigenvalue weighted by molar-refractivity contribution is -0.143. The summed E-state index contributed by atoms with van der Waals surface area (Å²) in [7, 11) is 1.44. The summed E-state index contributed by atoms with van der Waals surface area (Å²) in [4.78, 5) is 11.4. The van der Waals surface area contributed by atoms with E-state index in [0.29, 0.717) is 6.10 Å². The number of hydrogen-bond donors (Lipinski definition) is 1. The molecule has 0 saturated carbocycles. The fourth-order valence-electron chi connectivity index (χ4n) is 1.88. The highest BCUT2D eigenvalue weighted by Gasteiger charge is 2.18. The van der Waals surface area contributed by atoms with Gasteiger partial charge in [-0.05, 0) is 31.6 Å². The Morgan fingerprint density at radius 1 is 1.65 bits per heavy atom. The molecular weight excluding hydrogens is 238 g/mol. The lowest BCUT2D eigenvalue weighted by Gasteiger charge is -2.15. The SMILES string of the molecule is CCNC(CCSCC1CCCO1)C(=O)OC. The maximum Gasteiger partial charge on any atom is 0.322 e. The summed E-state index contributed by atoms with van der Waals surface area (Å²) in [5.74, 6) is 1.84. The van der Waals surface area contributed by atoms with E-state index in [1.54, 1.807) is 0 Å². The number of thioether (sulfide) groups is 1. The van der Waals surface area contributed by atoms with E-state index in [1.165, 1.54) is 20.0 Å². The lowest BCUT2D eigenvalue weighted by atomic mass is 10.2. The van der Waals surface area contributed by atoms with Crippen LogP contribution in [0.5, 0.6) is 0 Å². The maximum absolute atomic E-state index is 11.4. The van der Waals surface area contributed by atoms with Gasteiger partial charge in [0.15, 0.2) is 0 Å². The van der Waals surface area contributed by atoms with Crippen LogP contribution < -0.4 is 5.32 Å². The fourth-order valence-corrected chi connectivity index (χ4v) is 2.98. The van der Waals surface area contributed by atoms with E-state index in [0.717, 1.165) is 31.1 Å². The van der Waals surface area contributed by atoms with Gasteiger partial charge in [0.05, 0.1) is 13.2 Å². The van der Waals surface area contributed by atoms with Gasteiger partial charge in [-0.3, -0.25) is 4.79 Å². The lowest BCUT2D eigenvalue weighted by Crippen LogP contribution is -2.38. The maximum atomic E-state index is 11.4. The highest BCUT2D eigenvalue weighted by atomic mass is 32.2. The highest BCUT2D eigenvalue weighted by Crippen LogP contribution is 2.17. The first-order valence-corrected chi connectivity index (χ1v) is 7.44. The minimum Gasteiger partial charge on any atom is -0.468 e. The van der Waals surface area contributed by atoms with Crippen LogP contribution in [-0.2, 0) is 14.3 Å². The predicted molar refractivity (Wildman–Crippen MR) is 70.4 cm³/mol. The molecule has 1 fully saturated rings. The van der Waals surface area contributed by atoms with Crippen molar-refractivity contribution in [3.05, 3.63) is 0 Å². The Hall–Kier alpha value is -0.260. The smallest absolute Gasteiger partial charge is 0.322 e. The molecule has 1 rings (SSSR count). The normalized spacial score (nSPS) is 21.4. The molecule has 4 nitrogen and oxygen atoms in total. The van der Waals surface area contributed by atoms with Crippen LogP contribution in [-0.4, -0.2) is 49.9 Å². The molecule has 1 N–H and O–H groups in total. The molecule has 0 aliphatic carbocycles. The number of methoxy groups -OCH3 is 1. The second kappa shape index (κ2) is 8.78. The number of carbonyl (C=O) groups is 1. The number of carbonyl (C=O) groups excluding carboxylic acids is 1. The highest BCUT2D eigenvalue weighted by molar-refractivity contribution is 7.99. The Morgan fingerprint density at radius 2 is 2.47 bits per heavy atom. The minimum atomic E-state index is -0.165. The minimum absolute atomic E-state index is 0.162. The van der Waals surface area contributed by atoms with Crippen LogP contribution in [0.4, 0.5) is 0 Å². The van der Waals surface area contributed by atoms with E-state index >= 15 is 0 Å². The Kier molecular flexibility index (Phi) is 7.64. The molecule has 5 heteroatoms. The van der Waals surface area contributed by atoms with Gasteiger partial charge in [-0.15, -0.1) is 0 Å². The molecule has 0 aromatic carbocycles. The molecule has 0 amide bonds. The van der Waals surface area contributed by atoms with Crippen molar-refractivity contribution in [3.8, 4) is 0 Å². The van der Waals surface area contributed by atoms with Crippen molar-refractivity contribution < 1.29 is 14.3 Å². The standard InChI is InChI=1S/C12H23NO3S/c1-3-13-11(12(14)15-2)6-8-17-9-10-5-4-7-16-10/h10-11,13H,3-9H2,1-2H3. The summed E-state index contributed by atoms with van der Waals surface area (Å²) in [6, 6.07) is -0.165. The van der Waals surface area contributed by atoms with E-state index in [2.05, 4.69) is 5.32 Å². The molecular formula is C12H23NO3S. The van der Waals surface area contributed by atoms with Crippen LogP contribution in [0.1, 0.15) is 26.2 Å². The monoisotopic (exact) mass is 261 g/mol. The van der Waals surface area contributed by atoms with Gasteiger partial charge in [0.2, 0.25) is 0 Å². The Balaban J connectivity index is 2.10. The molecule has 1 saturated heterocycles. The summed E-state index contributed by atoms with van der Waals surface area (Å²) < 4.78 is 10.3. The predicted octanol–water partition coefficient (Wildman–Crippen LogP) is 1.44. The second-order valence-electron chi connectivity index (χ2n) is 4.13. The van der Waals surface area contributed by atoms with Gasteiger partial charge in [-0.2, -0.15) is 11.8 Å². The van der Waals surface area contributed by atoms with Gasteiger partial charge < -0.3 is 14.8 Å². The van der Waals surface area contributed by atoms with Gasteiger partial charge in [0, 0.05) is 12.4 Å². The van der Waals surface area contributed by atoms with E-state index in [9.17, 15) is 4.79 Å². The second-order valence-corrected chi connectivity index (χ2v) is 5.28. The number of ether oxygens (including phenoxy) is 2. The largest absolute Gasteiger partial charge is 0.468 e. The van der Waals surface area contributed by atoms with Crippen LogP contribution >= 0.6 is 11.8 Å². The molecule has 2 unspecified atom stereocenters. The quantitative estimate of drug-likeness (QED) is 0.529. The zero-order valence-electron chi connectivity index (χ0n) is 10.7. The summed E-state index contributed by atoms with van der Waals surface area (Å²) in [5, 5.41) is 3.14. The molecule has 1 aliphatic rings. The molecule has 0 aromatic rings. The molecule has 1 heterocycles.